The molecular weight excluding hydrogens is 571 g/mol. The number of hydrogen-bond acceptors (Lipinski definition) is 13. The Bertz CT molecular complexity index is 1180. The molecule has 0 saturated carbocycles. The molecule has 1 saturated heterocycles. The zero-order valence-electron chi connectivity index (χ0n) is 17.5. The van der Waals surface area contributed by atoms with Gasteiger partial charge in [-0.2, -0.15) is 12.9 Å². The van der Waals surface area contributed by atoms with Gasteiger partial charge in [-0.1, -0.05) is 0 Å². The fourth-order valence-corrected chi connectivity index (χ4v) is 6.80. The van der Waals surface area contributed by atoms with E-state index in [1.807, 2.05) is 4.98 Å². The van der Waals surface area contributed by atoms with Gasteiger partial charge in [0.2, 0.25) is 0 Å². The molecule has 20 nitrogen and oxygen atoms in total. The normalized spacial score (nSPS) is 28.3. The van der Waals surface area contributed by atoms with Gasteiger partial charge in [0.1, 0.15) is 18.3 Å². The molecule has 2 heterocycles. The molecule has 0 aliphatic carbocycles. The Balaban J connectivity index is 0.00000578. The van der Waals surface area contributed by atoms with Crippen molar-refractivity contribution in [3.05, 3.63) is 33.1 Å². The first kappa shape index (κ1) is 32.1. The fourth-order valence-electron chi connectivity index (χ4n) is 2.34. The number of ether oxygens (including phenoxy) is 1. The van der Waals surface area contributed by atoms with Crippen molar-refractivity contribution in [1.82, 2.24) is 9.55 Å². The second kappa shape index (κ2) is 11.7. The van der Waals surface area contributed by atoms with E-state index in [4.69, 9.17) is 19.4 Å². The number of aromatic nitrogens is 2. The van der Waals surface area contributed by atoms with Gasteiger partial charge in [0.15, 0.2) is 6.23 Å². The standard InChI is InChI=1S/C9H16N2O18P4.Na.H/c12-5-1-2-11(9(15)10-5)8-7(14)6(13)4(26-8)3-25-31(19,20)28-33(23,24)29-32(21,22)27-30(16,17)18;;/h1-2,4,6-8,13-14H,3H2,(H,19,20)(H,21,22)(H,23,24)(H,10,12,15)(H2,16,17,18);;/q;+1;-1/t4-,6-,7-,8-;;/m1../s1. The van der Waals surface area contributed by atoms with E-state index in [0.717, 1.165) is 12.3 Å². The summed E-state index contributed by atoms with van der Waals surface area (Å²) < 4.78 is 65.6. The van der Waals surface area contributed by atoms with Gasteiger partial charge in [-0.3, -0.25) is 18.9 Å². The largest absolute Gasteiger partial charge is 1.00 e. The summed E-state index contributed by atoms with van der Waals surface area (Å²) in [6.45, 7) is -1.14. The molecule has 8 N–H and O–H groups in total. The van der Waals surface area contributed by atoms with E-state index in [2.05, 4.69) is 17.5 Å². The third kappa shape index (κ3) is 9.53. The fraction of sp³-hybridized carbons (Fsp3) is 0.556. The average Bonchev–Trinajstić information content (AvgIpc) is 2.84. The number of rotatable bonds is 10. The number of aliphatic hydroxyl groups excluding tert-OH is 2. The quantitative estimate of drug-likeness (QED) is 0.0935. The van der Waals surface area contributed by atoms with Crippen LogP contribution in [0.2, 0.25) is 0 Å². The van der Waals surface area contributed by atoms with Crippen LogP contribution in [0.25, 0.3) is 0 Å². The molecule has 0 spiro atoms. The van der Waals surface area contributed by atoms with E-state index < -0.39 is 73.7 Å². The molecule has 192 valence electrons. The van der Waals surface area contributed by atoms with Crippen molar-refractivity contribution >= 4 is 31.3 Å². The second-order valence-electron chi connectivity index (χ2n) is 6.00. The summed E-state index contributed by atoms with van der Waals surface area (Å²) in [5.41, 5.74) is -1.82. The number of hydrogen-bond donors (Lipinski definition) is 8. The van der Waals surface area contributed by atoms with Crippen molar-refractivity contribution < 1.29 is 106 Å². The van der Waals surface area contributed by atoms with Gasteiger partial charge in [0.05, 0.1) is 6.61 Å². The van der Waals surface area contributed by atoms with Crippen LogP contribution in [0.1, 0.15) is 7.65 Å². The van der Waals surface area contributed by atoms with Crippen LogP contribution in [0.15, 0.2) is 21.9 Å². The van der Waals surface area contributed by atoms with Crippen LogP contribution < -0.4 is 40.8 Å². The van der Waals surface area contributed by atoms with Crippen LogP contribution in [-0.2, 0) is 40.5 Å². The maximum atomic E-state index is 11.8. The van der Waals surface area contributed by atoms with Crippen LogP contribution in [0.3, 0.4) is 0 Å². The summed E-state index contributed by atoms with van der Waals surface area (Å²) in [5, 5.41) is 20.0. The molecule has 0 amide bonds. The van der Waals surface area contributed by atoms with Crippen molar-refractivity contribution in [3.63, 3.8) is 0 Å². The van der Waals surface area contributed by atoms with E-state index in [-0.39, 0.29) is 31.0 Å². The molecule has 2 rings (SSSR count). The molecule has 1 aliphatic heterocycles. The van der Waals surface area contributed by atoms with Gasteiger partial charge in [0, 0.05) is 12.3 Å². The van der Waals surface area contributed by atoms with Crippen molar-refractivity contribution in [1.29, 1.82) is 0 Å². The number of H-pyrrole nitrogens is 1. The van der Waals surface area contributed by atoms with E-state index in [1.54, 1.807) is 0 Å². The van der Waals surface area contributed by atoms with Crippen molar-refractivity contribution in [2.75, 3.05) is 6.61 Å². The molecule has 1 aromatic heterocycles. The van der Waals surface area contributed by atoms with Crippen molar-refractivity contribution in [2.24, 2.45) is 0 Å². The first-order valence-electron chi connectivity index (χ1n) is 7.96. The minimum absolute atomic E-state index is 0. The first-order valence-corrected chi connectivity index (χ1v) is 14.0. The molecule has 7 atom stereocenters. The minimum Gasteiger partial charge on any atom is -1.00 e. The first-order chi connectivity index (χ1) is 14.8. The monoisotopic (exact) mass is 588 g/mol. The van der Waals surface area contributed by atoms with E-state index >= 15 is 0 Å². The molecule has 0 aromatic carbocycles. The van der Waals surface area contributed by atoms with Gasteiger partial charge in [-0.15, -0.1) is 0 Å². The van der Waals surface area contributed by atoms with Gasteiger partial charge >= 0.3 is 66.5 Å². The molecule has 1 aliphatic rings. The number of phosphoric acid groups is 4. The van der Waals surface area contributed by atoms with E-state index in [1.165, 1.54) is 0 Å². The maximum absolute atomic E-state index is 11.8. The number of nitrogens with zero attached hydrogens (tertiary/aromatic N) is 1. The molecule has 25 heteroatoms. The molecular formula is C9H17N2NaO18P4. The summed E-state index contributed by atoms with van der Waals surface area (Å²) in [6, 6.07) is 0.887. The molecule has 1 aromatic rings. The van der Waals surface area contributed by atoms with Crippen LogP contribution in [0, 0.1) is 0 Å². The Morgan fingerprint density at radius 3 is 2.00 bits per heavy atom. The number of phosphoric ester groups is 1. The molecule has 3 unspecified atom stereocenters. The van der Waals surface area contributed by atoms with Crippen molar-refractivity contribution in [3.8, 4) is 0 Å². The van der Waals surface area contributed by atoms with E-state index in [0.29, 0.717) is 4.57 Å². The minimum atomic E-state index is -6.03. The maximum Gasteiger partial charge on any atom is 1.00 e. The average molecular weight is 588 g/mol. The predicted octanol–water partition coefficient (Wildman–Crippen LogP) is -5.27. The SMILES string of the molecule is O=c1ccn([C@@H]2O[C@H](COP(=O)(O)OP(=O)(O)OP(=O)(O)OP(=O)(O)O)[C@@H](O)[C@H]2O)c(=O)[nH]1.[H-].[Na+]. The predicted molar refractivity (Wildman–Crippen MR) is 99.1 cm³/mol. The number of aliphatic hydroxyl groups is 2. The Labute approximate surface area is 210 Å². The zero-order chi connectivity index (χ0) is 25.4. The summed E-state index contributed by atoms with van der Waals surface area (Å²) in [5.74, 6) is 0. The Morgan fingerprint density at radius 1 is 0.941 bits per heavy atom. The van der Waals surface area contributed by atoms with Crippen LogP contribution in [0.4, 0.5) is 0 Å². The van der Waals surface area contributed by atoms with Crippen LogP contribution in [0.5, 0.6) is 0 Å². The summed E-state index contributed by atoms with van der Waals surface area (Å²) in [7, 11) is -23.4. The number of nitrogens with one attached hydrogen (secondary N) is 1. The van der Waals surface area contributed by atoms with Gasteiger partial charge in [-0.25, -0.2) is 23.1 Å². The van der Waals surface area contributed by atoms with Crippen LogP contribution >= 0.6 is 31.3 Å². The Morgan fingerprint density at radius 2 is 1.47 bits per heavy atom. The number of aromatic amines is 1. The van der Waals surface area contributed by atoms with Crippen LogP contribution in [-0.4, -0.2) is 69.1 Å². The summed E-state index contributed by atoms with van der Waals surface area (Å²) in [6.07, 6.45) is -6.03. The van der Waals surface area contributed by atoms with Crippen molar-refractivity contribution in [2.45, 2.75) is 24.5 Å². The smallest absolute Gasteiger partial charge is 1.00 e. The molecule has 34 heavy (non-hydrogen) atoms. The Hall–Kier alpha value is 0.120. The molecule has 0 bridgehead atoms. The van der Waals surface area contributed by atoms with Gasteiger partial charge in [-0.05, 0) is 0 Å². The Kier molecular flexibility index (Phi) is 11.0. The summed E-state index contributed by atoms with van der Waals surface area (Å²) in [4.78, 5) is 69.3. The third-order valence-corrected chi connectivity index (χ3v) is 8.94. The van der Waals surface area contributed by atoms with E-state index in [9.17, 15) is 47.8 Å². The topological polar surface area (TPSA) is 311 Å². The third-order valence-electron chi connectivity index (χ3n) is 3.49. The molecule has 1 fully saturated rings. The van der Waals surface area contributed by atoms with Gasteiger partial charge < -0.3 is 40.8 Å². The van der Waals surface area contributed by atoms with Gasteiger partial charge in [0.25, 0.3) is 5.56 Å². The summed E-state index contributed by atoms with van der Waals surface area (Å²) >= 11 is 0. The molecule has 0 radical (unpaired) electrons. The zero-order valence-corrected chi connectivity index (χ0v) is 22.1. The second-order valence-corrected chi connectivity index (χ2v) is 12.0.